The number of rotatable bonds is 3. The predicted molar refractivity (Wildman–Crippen MR) is 72.1 cm³/mol. The van der Waals surface area contributed by atoms with Gasteiger partial charge in [0.1, 0.15) is 4.20 Å². The molecule has 0 aliphatic carbocycles. The molecule has 0 radical (unpaired) electrons. The molecule has 18 heavy (non-hydrogen) atoms. The number of hydrogen-bond acceptors (Lipinski definition) is 5. The van der Waals surface area contributed by atoms with Gasteiger partial charge in [-0.1, -0.05) is 42.1 Å². The molecular formula is C11H10N2O3S2. The third kappa shape index (κ3) is 3.44. The Bertz CT molecular complexity index is 600. The van der Waals surface area contributed by atoms with Crippen molar-refractivity contribution in [2.75, 3.05) is 0 Å². The van der Waals surface area contributed by atoms with Gasteiger partial charge in [-0.2, -0.15) is 8.42 Å². The molecule has 5 nitrogen and oxygen atoms in total. The summed E-state index contributed by atoms with van der Waals surface area (Å²) in [6.45, 7) is 0. The number of carbonyl (C=O) groups excluding carboxylic acids is 1. The zero-order valence-corrected chi connectivity index (χ0v) is 10.9. The Labute approximate surface area is 110 Å². The van der Waals surface area contributed by atoms with E-state index in [0.29, 0.717) is 0 Å². The lowest BCUT2D eigenvalue weighted by Gasteiger charge is -2.08. The third-order valence-electron chi connectivity index (χ3n) is 2.20. The lowest BCUT2D eigenvalue weighted by Crippen LogP contribution is -2.31. The van der Waals surface area contributed by atoms with E-state index in [1.54, 1.807) is 0 Å². The van der Waals surface area contributed by atoms with E-state index < -0.39 is 15.8 Å². The van der Waals surface area contributed by atoms with Crippen molar-refractivity contribution in [1.82, 2.24) is 5.32 Å². The lowest BCUT2D eigenvalue weighted by atomic mass is 10.1. The van der Waals surface area contributed by atoms with Gasteiger partial charge >= 0.3 is 0 Å². The van der Waals surface area contributed by atoms with E-state index in [4.69, 9.17) is 0 Å². The summed E-state index contributed by atoms with van der Waals surface area (Å²) in [4.78, 5) is 15.6. The zero-order chi connectivity index (χ0) is 13.0. The summed E-state index contributed by atoms with van der Waals surface area (Å²) in [7, 11) is -2.29. The minimum atomic E-state index is -2.29. The van der Waals surface area contributed by atoms with Crippen molar-refractivity contribution < 1.29 is 13.2 Å². The van der Waals surface area contributed by atoms with Gasteiger partial charge in [-0.15, -0.1) is 0 Å². The number of nitrogens with zero attached hydrogens (tertiary/aromatic N) is 1. The highest BCUT2D eigenvalue weighted by Crippen LogP contribution is 2.16. The van der Waals surface area contributed by atoms with Crippen LogP contribution in [0.5, 0.6) is 0 Å². The molecule has 1 N–H and O–H groups in total. The molecule has 1 aromatic carbocycles. The number of hydrogen-bond donors (Lipinski definition) is 1. The largest absolute Gasteiger partial charge is 0.325 e. The number of thioether (sulfide) groups is 1. The van der Waals surface area contributed by atoms with Crippen LogP contribution in [0.1, 0.15) is 5.56 Å². The summed E-state index contributed by atoms with van der Waals surface area (Å²) in [6, 6.07) is 9.31. The first kappa shape index (κ1) is 12.8. The van der Waals surface area contributed by atoms with Crippen molar-refractivity contribution in [3.8, 4) is 0 Å². The lowest BCUT2D eigenvalue weighted by molar-refractivity contribution is -0.120. The first-order valence-electron chi connectivity index (χ1n) is 5.14. The summed E-state index contributed by atoms with van der Waals surface area (Å²) >= 11 is 1.01. The maximum Gasteiger partial charge on any atom is 0.229 e. The van der Waals surface area contributed by atoms with E-state index in [9.17, 15) is 13.2 Å². The average molecular weight is 282 g/mol. The number of benzene rings is 1. The Balaban J connectivity index is 1.91. The van der Waals surface area contributed by atoms with Crippen LogP contribution < -0.4 is 5.32 Å². The van der Waals surface area contributed by atoms with Crippen molar-refractivity contribution in [3.05, 3.63) is 35.9 Å². The normalized spacial score (nSPS) is 17.8. The standard InChI is InChI=1S/C11H10N2O3S2/c14-9(6-8-4-2-1-3-5-8)13-11-12-7-10(17-11)18(15)16/h1-5,7,11H,6H2,(H,13,14). The molecule has 1 heterocycles. The van der Waals surface area contributed by atoms with Crippen molar-refractivity contribution in [2.45, 2.75) is 11.9 Å². The Morgan fingerprint density at radius 1 is 1.33 bits per heavy atom. The highest BCUT2D eigenvalue weighted by Gasteiger charge is 2.19. The van der Waals surface area contributed by atoms with E-state index in [2.05, 4.69) is 10.3 Å². The van der Waals surface area contributed by atoms with Crippen molar-refractivity contribution >= 4 is 38.4 Å². The van der Waals surface area contributed by atoms with Gasteiger partial charge in [0.15, 0.2) is 5.50 Å². The molecule has 94 valence electrons. The van der Waals surface area contributed by atoms with Crippen LogP contribution in [-0.4, -0.2) is 30.2 Å². The van der Waals surface area contributed by atoms with E-state index in [1.165, 1.54) is 6.21 Å². The van der Waals surface area contributed by atoms with E-state index in [0.717, 1.165) is 17.3 Å². The highest BCUT2D eigenvalue weighted by atomic mass is 32.2. The van der Waals surface area contributed by atoms with Gasteiger partial charge in [-0.3, -0.25) is 9.79 Å². The molecule has 0 saturated heterocycles. The maximum atomic E-state index is 11.7. The summed E-state index contributed by atoms with van der Waals surface area (Å²) < 4.78 is 21.5. The molecule has 2 rings (SSSR count). The smallest absolute Gasteiger partial charge is 0.229 e. The zero-order valence-electron chi connectivity index (χ0n) is 9.24. The molecule has 0 fully saturated rings. The Hall–Kier alpha value is -1.60. The molecule has 0 bridgehead atoms. The molecule has 1 amide bonds. The van der Waals surface area contributed by atoms with Gasteiger partial charge in [-0.05, 0) is 5.56 Å². The van der Waals surface area contributed by atoms with Crippen molar-refractivity contribution in [3.63, 3.8) is 0 Å². The number of nitrogens with one attached hydrogen (secondary N) is 1. The van der Waals surface area contributed by atoms with Crippen LogP contribution in [0.4, 0.5) is 0 Å². The molecule has 1 atom stereocenters. The third-order valence-corrected chi connectivity index (χ3v) is 4.13. The SMILES string of the molecule is O=C(Cc1ccccc1)NC1N=CC(=S(=O)=O)S1. The molecule has 1 aliphatic heterocycles. The Morgan fingerprint density at radius 2 is 2.06 bits per heavy atom. The summed E-state index contributed by atoms with van der Waals surface area (Å²) in [5.41, 5.74) is 0.354. The van der Waals surface area contributed by atoms with E-state index in [1.807, 2.05) is 30.3 Å². The Morgan fingerprint density at radius 3 is 2.67 bits per heavy atom. The van der Waals surface area contributed by atoms with Crippen LogP contribution in [0, 0.1) is 0 Å². The van der Waals surface area contributed by atoms with Gasteiger partial charge in [0.2, 0.25) is 16.2 Å². The van der Waals surface area contributed by atoms with Crippen molar-refractivity contribution in [1.29, 1.82) is 0 Å². The van der Waals surface area contributed by atoms with Gasteiger partial charge in [0, 0.05) is 0 Å². The van der Waals surface area contributed by atoms with Gasteiger partial charge in [0.05, 0.1) is 12.6 Å². The topological polar surface area (TPSA) is 75.6 Å². The maximum absolute atomic E-state index is 11.7. The first-order chi connectivity index (χ1) is 8.65. The average Bonchev–Trinajstić information content (AvgIpc) is 2.78. The Kier molecular flexibility index (Phi) is 4.16. The monoisotopic (exact) mass is 282 g/mol. The second-order valence-electron chi connectivity index (χ2n) is 3.53. The number of amides is 1. The number of aliphatic imine (C=N–C) groups is 1. The predicted octanol–water partition coefficient (Wildman–Crippen LogP) is 0.455. The molecule has 0 spiro atoms. The van der Waals surface area contributed by atoms with Crippen LogP contribution in [0.25, 0.3) is 0 Å². The van der Waals surface area contributed by atoms with Crippen LogP contribution in [0.15, 0.2) is 35.3 Å². The quantitative estimate of drug-likeness (QED) is 0.817. The highest BCUT2D eigenvalue weighted by molar-refractivity contribution is 8.24. The molecular weight excluding hydrogens is 272 g/mol. The minimum absolute atomic E-state index is 0.139. The summed E-state index contributed by atoms with van der Waals surface area (Å²) in [5, 5.41) is 2.64. The summed E-state index contributed by atoms with van der Waals surface area (Å²) in [6.07, 6.45) is 1.50. The molecule has 1 unspecified atom stereocenters. The fourth-order valence-electron chi connectivity index (χ4n) is 1.42. The molecule has 0 aromatic heterocycles. The molecule has 7 heteroatoms. The minimum Gasteiger partial charge on any atom is -0.325 e. The fourth-order valence-corrected chi connectivity index (χ4v) is 2.81. The van der Waals surface area contributed by atoms with Crippen molar-refractivity contribution in [2.24, 2.45) is 4.99 Å². The second-order valence-corrected chi connectivity index (χ2v) is 5.82. The molecule has 1 aromatic rings. The second kappa shape index (κ2) is 5.83. The van der Waals surface area contributed by atoms with E-state index in [-0.39, 0.29) is 16.5 Å². The first-order valence-corrected chi connectivity index (χ1v) is 7.10. The van der Waals surface area contributed by atoms with E-state index >= 15 is 0 Å². The van der Waals surface area contributed by atoms with Crippen LogP contribution >= 0.6 is 11.8 Å². The fraction of sp³-hybridized carbons (Fsp3) is 0.182. The van der Waals surface area contributed by atoms with Crippen LogP contribution in [0.3, 0.4) is 0 Å². The van der Waals surface area contributed by atoms with Crippen LogP contribution in [0.2, 0.25) is 0 Å². The van der Waals surface area contributed by atoms with Crippen LogP contribution in [-0.2, 0) is 21.5 Å². The van der Waals surface area contributed by atoms with Gasteiger partial charge in [-0.25, -0.2) is 0 Å². The van der Waals surface area contributed by atoms with Gasteiger partial charge in [0.25, 0.3) is 0 Å². The molecule has 1 aliphatic rings. The summed E-state index contributed by atoms with van der Waals surface area (Å²) in [5.74, 6) is -0.186. The number of carbonyl (C=O) groups is 1. The molecule has 0 saturated carbocycles. The van der Waals surface area contributed by atoms with Gasteiger partial charge < -0.3 is 5.32 Å².